The molecule has 0 N–H and O–H groups in total. The standard InChI is InChI=1S/C18H19ClFNO3S/c19-15-1-5-17(6-2-15)24-13-14-9-11-21(12-10-14)25(22,23)18-7-3-16(20)4-8-18/h1-8,14H,9-13H2. The molecule has 2 aromatic rings. The Morgan fingerprint density at radius 3 is 2.24 bits per heavy atom. The Bertz CT molecular complexity index is 801. The fraction of sp³-hybridized carbons (Fsp3) is 0.333. The van der Waals surface area contributed by atoms with Crippen LogP contribution in [-0.2, 0) is 10.0 Å². The van der Waals surface area contributed by atoms with Crippen molar-refractivity contribution in [2.75, 3.05) is 19.7 Å². The summed E-state index contributed by atoms with van der Waals surface area (Å²) in [5, 5.41) is 0.659. The second kappa shape index (κ2) is 7.72. The fourth-order valence-corrected chi connectivity index (χ4v) is 4.41. The molecule has 2 aromatic carbocycles. The second-order valence-electron chi connectivity index (χ2n) is 6.07. The third kappa shape index (κ3) is 4.51. The third-order valence-electron chi connectivity index (χ3n) is 4.32. The number of rotatable bonds is 5. The Labute approximate surface area is 152 Å². The Morgan fingerprint density at radius 2 is 1.64 bits per heavy atom. The monoisotopic (exact) mass is 383 g/mol. The van der Waals surface area contributed by atoms with Gasteiger partial charge in [-0.1, -0.05) is 11.6 Å². The zero-order valence-corrected chi connectivity index (χ0v) is 15.1. The molecule has 1 fully saturated rings. The van der Waals surface area contributed by atoms with Gasteiger partial charge in [0.15, 0.2) is 0 Å². The van der Waals surface area contributed by atoms with E-state index >= 15 is 0 Å². The van der Waals surface area contributed by atoms with E-state index in [-0.39, 0.29) is 4.90 Å². The maximum absolute atomic E-state index is 13.0. The third-order valence-corrected chi connectivity index (χ3v) is 6.49. The summed E-state index contributed by atoms with van der Waals surface area (Å²) in [4.78, 5) is 0.129. The van der Waals surface area contributed by atoms with Gasteiger partial charge in [0.2, 0.25) is 10.0 Å². The Balaban J connectivity index is 1.54. The van der Waals surface area contributed by atoms with E-state index in [1.807, 2.05) is 12.1 Å². The molecule has 0 aromatic heterocycles. The van der Waals surface area contributed by atoms with Crippen molar-refractivity contribution in [2.24, 2.45) is 5.92 Å². The molecule has 25 heavy (non-hydrogen) atoms. The average molecular weight is 384 g/mol. The van der Waals surface area contributed by atoms with Gasteiger partial charge in [-0.2, -0.15) is 4.31 Å². The summed E-state index contributed by atoms with van der Waals surface area (Å²) in [7, 11) is -3.56. The van der Waals surface area contributed by atoms with Crippen LogP contribution in [0.4, 0.5) is 4.39 Å². The van der Waals surface area contributed by atoms with Crippen molar-refractivity contribution in [1.29, 1.82) is 0 Å². The molecular formula is C18H19ClFNO3S. The normalized spacial score (nSPS) is 16.7. The number of nitrogens with zero attached hydrogens (tertiary/aromatic N) is 1. The van der Waals surface area contributed by atoms with Crippen LogP contribution < -0.4 is 4.74 Å². The van der Waals surface area contributed by atoms with Crippen molar-refractivity contribution in [3.8, 4) is 5.75 Å². The van der Waals surface area contributed by atoms with Crippen LogP contribution in [0.5, 0.6) is 5.75 Å². The number of halogens is 2. The van der Waals surface area contributed by atoms with Crippen molar-refractivity contribution in [1.82, 2.24) is 4.31 Å². The van der Waals surface area contributed by atoms with E-state index in [1.54, 1.807) is 12.1 Å². The van der Waals surface area contributed by atoms with Gasteiger partial charge in [-0.05, 0) is 67.3 Å². The fourth-order valence-electron chi connectivity index (χ4n) is 2.82. The Kier molecular flexibility index (Phi) is 5.61. The van der Waals surface area contributed by atoms with E-state index in [0.29, 0.717) is 30.6 Å². The molecule has 0 unspecified atom stereocenters. The Morgan fingerprint density at radius 1 is 1.04 bits per heavy atom. The first-order chi connectivity index (χ1) is 11.9. The molecule has 0 spiro atoms. The quantitative estimate of drug-likeness (QED) is 0.785. The van der Waals surface area contributed by atoms with Crippen LogP contribution in [0.1, 0.15) is 12.8 Å². The molecule has 7 heteroatoms. The molecule has 1 aliphatic heterocycles. The zero-order chi connectivity index (χ0) is 17.9. The molecule has 0 aliphatic carbocycles. The summed E-state index contributed by atoms with van der Waals surface area (Å²) in [6.45, 7) is 1.43. The number of ether oxygens (including phenoxy) is 1. The number of piperidine rings is 1. The molecule has 0 saturated carbocycles. The molecule has 4 nitrogen and oxygen atoms in total. The van der Waals surface area contributed by atoms with Crippen molar-refractivity contribution in [2.45, 2.75) is 17.7 Å². The highest BCUT2D eigenvalue weighted by Crippen LogP contribution is 2.25. The van der Waals surface area contributed by atoms with Crippen LogP contribution in [0, 0.1) is 11.7 Å². The average Bonchev–Trinajstić information content (AvgIpc) is 2.62. The molecule has 134 valence electrons. The summed E-state index contributed by atoms with van der Waals surface area (Å²) in [5.74, 6) is 0.609. The van der Waals surface area contributed by atoms with Crippen molar-refractivity contribution >= 4 is 21.6 Å². The van der Waals surface area contributed by atoms with Crippen molar-refractivity contribution in [3.05, 3.63) is 59.4 Å². The molecular weight excluding hydrogens is 365 g/mol. The minimum atomic E-state index is -3.56. The first kappa shape index (κ1) is 18.2. The molecule has 0 amide bonds. The van der Waals surface area contributed by atoms with Gasteiger partial charge in [0, 0.05) is 18.1 Å². The maximum atomic E-state index is 13.0. The lowest BCUT2D eigenvalue weighted by Gasteiger charge is -2.31. The maximum Gasteiger partial charge on any atom is 0.243 e. The first-order valence-electron chi connectivity index (χ1n) is 8.09. The molecule has 0 atom stereocenters. The van der Waals surface area contributed by atoms with E-state index in [1.165, 1.54) is 28.6 Å². The zero-order valence-electron chi connectivity index (χ0n) is 13.6. The predicted octanol–water partition coefficient (Wildman–Crippen LogP) is 3.96. The number of sulfonamides is 1. The lowest BCUT2D eigenvalue weighted by atomic mass is 9.99. The lowest BCUT2D eigenvalue weighted by molar-refractivity contribution is 0.185. The summed E-state index contributed by atoms with van der Waals surface area (Å²) >= 11 is 5.84. The highest BCUT2D eigenvalue weighted by atomic mass is 35.5. The minimum absolute atomic E-state index is 0.129. The van der Waals surface area contributed by atoms with E-state index < -0.39 is 15.8 Å². The molecule has 1 saturated heterocycles. The molecule has 0 bridgehead atoms. The van der Waals surface area contributed by atoms with Gasteiger partial charge in [-0.25, -0.2) is 12.8 Å². The van der Waals surface area contributed by atoms with Gasteiger partial charge in [0.05, 0.1) is 11.5 Å². The van der Waals surface area contributed by atoms with Crippen LogP contribution >= 0.6 is 11.6 Å². The van der Waals surface area contributed by atoms with E-state index in [0.717, 1.165) is 18.6 Å². The highest BCUT2D eigenvalue weighted by Gasteiger charge is 2.29. The number of hydrogen-bond donors (Lipinski definition) is 0. The van der Waals surface area contributed by atoms with Gasteiger partial charge in [0.1, 0.15) is 11.6 Å². The van der Waals surface area contributed by atoms with Gasteiger partial charge in [0.25, 0.3) is 0 Å². The second-order valence-corrected chi connectivity index (χ2v) is 8.44. The summed E-state index contributed by atoms with van der Waals surface area (Å²) in [6.07, 6.45) is 1.46. The predicted molar refractivity (Wildman–Crippen MR) is 94.8 cm³/mol. The molecule has 1 aliphatic rings. The Hall–Kier alpha value is -1.63. The van der Waals surface area contributed by atoms with Gasteiger partial charge >= 0.3 is 0 Å². The summed E-state index contributed by atoms with van der Waals surface area (Å²) in [6, 6.07) is 12.1. The minimum Gasteiger partial charge on any atom is -0.493 e. The van der Waals surface area contributed by atoms with Crippen molar-refractivity contribution in [3.63, 3.8) is 0 Å². The molecule has 1 heterocycles. The van der Waals surface area contributed by atoms with Gasteiger partial charge < -0.3 is 4.74 Å². The van der Waals surface area contributed by atoms with Crippen molar-refractivity contribution < 1.29 is 17.5 Å². The largest absolute Gasteiger partial charge is 0.493 e. The topological polar surface area (TPSA) is 46.6 Å². The number of benzene rings is 2. The van der Waals surface area contributed by atoms with Gasteiger partial charge in [-0.3, -0.25) is 0 Å². The number of hydrogen-bond acceptors (Lipinski definition) is 3. The van der Waals surface area contributed by atoms with E-state index in [4.69, 9.17) is 16.3 Å². The van der Waals surface area contributed by atoms with Crippen LogP contribution in [0.15, 0.2) is 53.4 Å². The SMILES string of the molecule is O=S(=O)(c1ccc(F)cc1)N1CCC(COc2ccc(Cl)cc2)CC1. The van der Waals surface area contributed by atoms with Crippen LogP contribution in [0.3, 0.4) is 0 Å². The summed E-state index contributed by atoms with van der Waals surface area (Å²) < 4.78 is 45.3. The first-order valence-corrected chi connectivity index (χ1v) is 9.91. The lowest BCUT2D eigenvalue weighted by Crippen LogP contribution is -2.39. The van der Waals surface area contributed by atoms with E-state index in [2.05, 4.69) is 0 Å². The van der Waals surface area contributed by atoms with Gasteiger partial charge in [-0.15, -0.1) is 0 Å². The summed E-state index contributed by atoms with van der Waals surface area (Å²) in [5.41, 5.74) is 0. The highest BCUT2D eigenvalue weighted by molar-refractivity contribution is 7.89. The molecule has 3 rings (SSSR count). The van der Waals surface area contributed by atoms with Crippen LogP contribution in [-0.4, -0.2) is 32.4 Å². The smallest absolute Gasteiger partial charge is 0.243 e. The van der Waals surface area contributed by atoms with Crippen LogP contribution in [0.25, 0.3) is 0 Å². The molecule has 0 radical (unpaired) electrons. The van der Waals surface area contributed by atoms with E-state index in [9.17, 15) is 12.8 Å². The van der Waals surface area contributed by atoms with Crippen LogP contribution in [0.2, 0.25) is 5.02 Å².